The second kappa shape index (κ2) is 3.53. The molecule has 0 amide bonds. The SMILES string of the molecule is Cn1cccc1C(F)CCN. The van der Waals surface area contributed by atoms with E-state index in [0.29, 0.717) is 18.7 Å². The molecule has 0 radical (unpaired) electrons. The Labute approximate surface area is 65.8 Å². The van der Waals surface area contributed by atoms with Gasteiger partial charge in [0.1, 0.15) is 6.17 Å². The Balaban J connectivity index is 2.67. The molecule has 1 aromatic heterocycles. The third kappa shape index (κ3) is 1.80. The highest BCUT2D eigenvalue weighted by Crippen LogP contribution is 2.19. The Bertz CT molecular complexity index is 220. The van der Waals surface area contributed by atoms with Gasteiger partial charge in [0.05, 0.1) is 5.69 Å². The van der Waals surface area contributed by atoms with Crippen molar-refractivity contribution in [2.24, 2.45) is 12.8 Å². The Kier molecular flexibility index (Phi) is 2.65. The molecule has 0 aromatic carbocycles. The fourth-order valence-corrected chi connectivity index (χ4v) is 1.09. The van der Waals surface area contributed by atoms with Crippen LogP contribution in [0.25, 0.3) is 0 Å². The second-order valence-electron chi connectivity index (χ2n) is 2.59. The number of aryl methyl sites for hydroxylation is 1. The van der Waals surface area contributed by atoms with Crippen molar-refractivity contribution in [3.8, 4) is 0 Å². The van der Waals surface area contributed by atoms with Crippen LogP contribution in [-0.2, 0) is 7.05 Å². The number of nitrogens with zero attached hydrogens (tertiary/aromatic N) is 1. The van der Waals surface area contributed by atoms with Crippen LogP contribution >= 0.6 is 0 Å². The van der Waals surface area contributed by atoms with Crippen molar-refractivity contribution in [3.63, 3.8) is 0 Å². The van der Waals surface area contributed by atoms with Crippen LogP contribution in [0.1, 0.15) is 18.3 Å². The fourth-order valence-electron chi connectivity index (χ4n) is 1.09. The van der Waals surface area contributed by atoms with Crippen molar-refractivity contribution in [1.29, 1.82) is 0 Å². The number of halogens is 1. The van der Waals surface area contributed by atoms with Crippen LogP contribution < -0.4 is 5.73 Å². The number of aromatic nitrogens is 1. The van der Waals surface area contributed by atoms with E-state index in [-0.39, 0.29) is 0 Å². The first-order chi connectivity index (χ1) is 5.25. The number of nitrogens with two attached hydrogens (primary N) is 1. The van der Waals surface area contributed by atoms with Crippen molar-refractivity contribution in [1.82, 2.24) is 4.57 Å². The van der Waals surface area contributed by atoms with Crippen molar-refractivity contribution in [3.05, 3.63) is 24.0 Å². The van der Waals surface area contributed by atoms with Crippen LogP contribution in [0.2, 0.25) is 0 Å². The van der Waals surface area contributed by atoms with Gasteiger partial charge in [0.15, 0.2) is 0 Å². The third-order valence-corrected chi connectivity index (χ3v) is 1.72. The number of rotatable bonds is 3. The summed E-state index contributed by atoms with van der Waals surface area (Å²) in [7, 11) is 1.83. The van der Waals surface area contributed by atoms with Crippen molar-refractivity contribution in [2.75, 3.05) is 6.54 Å². The predicted octanol–water partition coefficient (Wildman–Crippen LogP) is 1.38. The molecule has 0 saturated carbocycles. The summed E-state index contributed by atoms with van der Waals surface area (Å²) in [6, 6.07) is 3.61. The van der Waals surface area contributed by atoms with Gasteiger partial charge in [-0.25, -0.2) is 4.39 Å². The summed E-state index contributed by atoms with van der Waals surface area (Å²) in [5.74, 6) is 0. The van der Waals surface area contributed by atoms with E-state index in [1.54, 1.807) is 10.6 Å². The smallest absolute Gasteiger partial charge is 0.141 e. The molecule has 3 heteroatoms. The van der Waals surface area contributed by atoms with Crippen LogP contribution in [0.4, 0.5) is 4.39 Å². The maximum absolute atomic E-state index is 13.1. The van der Waals surface area contributed by atoms with Crippen molar-refractivity contribution >= 4 is 0 Å². The second-order valence-corrected chi connectivity index (χ2v) is 2.59. The first-order valence-electron chi connectivity index (χ1n) is 3.71. The predicted molar refractivity (Wildman–Crippen MR) is 42.9 cm³/mol. The topological polar surface area (TPSA) is 30.9 Å². The largest absolute Gasteiger partial charge is 0.352 e. The van der Waals surface area contributed by atoms with Crippen LogP contribution in [0, 0.1) is 0 Å². The van der Waals surface area contributed by atoms with E-state index < -0.39 is 6.17 Å². The van der Waals surface area contributed by atoms with E-state index >= 15 is 0 Å². The third-order valence-electron chi connectivity index (χ3n) is 1.72. The lowest BCUT2D eigenvalue weighted by molar-refractivity contribution is 0.314. The van der Waals surface area contributed by atoms with E-state index in [1.165, 1.54) is 0 Å². The molecule has 2 N–H and O–H groups in total. The molecule has 0 spiro atoms. The molecule has 1 unspecified atom stereocenters. The molecule has 0 fully saturated rings. The number of hydrogen-bond acceptors (Lipinski definition) is 1. The Morgan fingerprint density at radius 3 is 2.91 bits per heavy atom. The highest BCUT2D eigenvalue weighted by molar-refractivity contribution is 5.09. The quantitative estimate of drug-likeness (QED) is 0.704. The molecule has 0 bridgehead atoms. The van der Waals surface area contributed by atoms with Gasteiger partial charge in [-0.15, -0.1) is 0 Å². The molecule has 0 aliphatic rings. The van der Waals surface area contributed by atoms with Gasteiger partial charge < -0.3 is 10.3 Å². The molecular formula is C8H13FN2. The van der Waals surface area contributed by atoms with Gasteiger partial charge in [0.25, 0.3) is 0 Å². The van der Waals surface area contributed by atoms with Gasteiger partial charge >= 0.3 is 0 Å². The lowest BCUT2D eigenvalue weighted by Gasteiger charge is -2.07. The maximum Gasteiger partial charge on any atom is 0.141 e. The van der Waals surface area contributed by atoms with Crippen LogP contribution in [0.15, 0.2) is 18.3 Å². The Hall–Kier alpha value is -0.830. The molecule has 1 aromatic rings. The molecular weight excluding hydrogens is 143 g/mol. The molecule has 0 saturated heterocycles. The zero-order chi connectivity index (χ0) is 8.27. The van der Waals surface area contributed by atoms with Crippen LogP contribution in [0.3, 0.4) is 0 Å². The van der Waals surface area contributed by atoms with E-state index in [1.807, 2.05) is 19.3 Å². The summed E-state index contributed by atoms with van der Waals surface area (Å²) >= 11 is 0. The Morgan fingerprint density at radius 2 is 2.45 bits per heavy atom. The summed E-state index contributed by atoms with van der Waals surface area (Å²) < 4.78 is 14.9. The van der Waals surface area contributed by atoms with Crippen LogP contribution in [0.5, 0.6) is 0 Å². The lowest BCUT2D eigenvalue weighted by Crippen LogP contribution is -2.06. The van der Waals surface area contributed by atoms with E-state index in [9.17, 15) is 4.39 Å². The molecule has 2 nitrogen and oxygen atoms in total. The first kappa shape index (κ1) is 8.27. The normalized spacial score (nSPS) is 13.4. The summed E-state index contributed by atoms with van der Waals surface area (Å²) in [6.07, 6.45) is 1.32. The van der Waals surface area contributed by atoms with Gasteiger partial charge in [-0.2, -0.15) is 0 Å². The van der Waals surface area contributed by atoms with Crippen LogP contribution in [-0.4, -0.2) is 11.1 Å². The zero-order valence-corrected chi connectivity index (χ0v) is 6.63. The molecule has 0 aliphatic carbocycles. The van der Waals surface area contributed by atoms with Gasteiger partial charge in [0, 0.05) is 13.2 Å². The van der Waals surface area contributed by atoms with E-state index in [0.717, 1.165) is 0 Å². The minimum absolute atomic E-state index is 0.395. The summed E-state index contributed by atoms with van der Waals surface area (Å²) in [6.45, 7) is 0.395. The standard InChI is InChI=1S/C8H13FN2/c1-11-6-2-3-8(11)7(9)4-5-10/h2-3,6-7H,4-5,10H2,1H3. The summed E-state index contributed by atoms with van der Waals surface area (Å²) in [4.78, 5) is 0. The summed E-state index contributed by atoms with van der Waals surface area (Å²) in [5, 5.41) is 0. The van der Waals surface area contributed by atoms with E-state index in [2.05, 4.69) is 0 Å². The highest BCUT2D eigenvalue weighted by Gasteiger charge is 2.10. The Morgan fingerprint density at radius 1 is 1.73 bits per heavy atom. The molecule has 1 heterocycles. The number of hydrogen-bond donors (Lipinski definition) is 1. The monoisotopic (exact) mass is 156 g/mol. The molecule has 62 valence electrons. The average molecular weight is 156 g/mol. The van der Waals surface area contributed by atoms with Gasteiger partial charge in [-0.3, -0.25) is 0 Å². The lowest BCUT2D eigenvalue weighted by atomic mass is 10.2. The van der Waals surface area contributed by atoms with Gasteiger partial charge in [0.2, 0.25) is 0 Å². The highest BCUT2D eigenvalue weighted by atomic mass is 19.1. The molecule has 11 heavy (non-hydrogen) atoms. The minimum Gasteiger partial charge on any atom is -0.352 e. The van der Waals surface area contributed by atoms with Gasteiger partial charge in [-0.05, 0) is 25.1 Å². The number of alkyl halides is 1. The zero-order valence-electron chi connectivity index (χ0n) is 6.63. The van der Waals surface area contributed by atoms with Crippen molar-refractivity contribution in [2.45, 2.75) is 12.6 Å². The molecule has 1 atom stereocenters. The first-order valence-corrected chi connectivity index (χ1v) is 3.71. The van der Waals surface area contributed by atoms with Crippen molar-refractivity contribution < 1.29 is 4.39 Å². The summed E-state index contributed by atoms with van der Waals surface area (Å²) in [5.41, 5.74) is 5.94. The average Bonchev–Trinajstić information content (AvgIpc) is 2.36. The van der Waals surface area contributed by atoms with E-state index in [4.69, 9.17) is 5.73 Å². The molecule has 1 rings (SSSR count). The maximum atomic E-state index is 13.1. The fraction of sp³-hybridized carbons (Fsp3) is 0.500. The van der Waals surface area contributed by atoms with Gasteiger partial charge in [-0.1, -0.05) is 0 Å². The molecule has 0 aliphatic heterocycles. The minimum atomic E-state index is -0.917.